The van der Waals surface area contributed by atoms with E-state index in [2.05, 4.69) is 26.2 Å². The van der Waals surface area contributed by atoms with Crippen molar-refractivity contribution >= 4 is 27.7 Å². The molecule has 6 heteroatoms. The van der Waals surface area contributed by atoms with Gasteiger partial charge in [-0.05, 0) is 49.7 Å². The zero-order chi connectivity index (χ0) is 14.9. The van der Waals surface area contributed by atoms with Gasteiger partial charge in [0.2, 0.25) is 0 Å². The Morgan fingerprint density at radius 1 is 1.45 bits per heavy atom. The summed E-state index contributed by atoms with van der Waals surface area (Å²) >= 11 is 3.46. The molecule has 2 aromatic heterocycles. The minimum atomic E-state index is -0.499. The molecule has 0 bridgehead atoms. The second kappa shape index (κ2) is 5.44. The Kier molecular flexibility index (Phi) is 4.04. The predicted molar refractivity (Wildman–Crippen MR) is 80.7 cm³/mol. The van der Waals surface area contributed by atoms with Crippen LogP contribution in [0.2, 0.25) is 0 Å². The Morgan fingerprint density at radius 3 is 2.80 bits per heavy atom. The van der Waals surface area contributed by atoms with Gasteiger partial charge in [0.15, 0.2) is 0 Å². The quantitative estimate of drug-likeness (QED) is 0.911. The maximum Gasteiger partial charge on any atom is 0.407 e. The van der Waals surface area contributed by atoms with Crippen molar-refractivity contribution in [1.29, 1.82) is 0 Å². The number of aromatic nitrogens is 2. The fourth-order valence-electron chi connectivity index (χ4n) is 1.86. The third kappa shape index (κ3) is 3.72. The summed E-state index contributed by atoms with van der Waals surface area (Å²) in [6.45, 7) is 7.81. The van der Waals surface area contributed by atoms with Crippen molar-refractivity contribution in [3.8, 4) is 0 Å². The lowest BCUT2D eigenvalue weighted by Gasteiger charge is -2.19. The van der Waals surface area contributed by atoms with E-state index >= 15 is 0 Å². The van der Waals surface area contributed by atoms with Crippen molar-refractivity contribution in [3.63, 3.8) is 0 Å². The van der Waals surface area contributed by atoms with Crippen LogP contribution in [0, 0.1) is 6.92 Å². The third-order valence-corrected chi connectivity index (χ3v) is 2.97. The monoisotopic (exact) mass is 339 g/mol. The molecular formula is C14H18BrN3O2. The van der Waals surface area contributed by atoms with Gasteiger partial charge in [-0.1, -0.05) is 0 Å². The topological polar surface area (TPSA) is 55.6 Å². The average molecular weight is 340 g/mol. The highest BCUT2D eigenvalue weighted by atomic mass is 79.9. The molecule has 0 saturated carbocycles. The van der Waals surface area contributed by atoms with E-state index < -0.39 is 11.7 Å². The van der Waals surface area contributed by atoms with Crippen LogP contribution in [-0.4, -0.2) is 21.1 Å². The van der Waals surface area contributed by atoms with Crippen LogP contribution in [0.25, 0.3) is 5.65 Å². The standard InChI is InChI=1S/C14H18BrN3O2/c1-9-7-18-8-11(15)5-10(12(18)17-9)6-16-13(19)20-14(2,3)4/h5,7-8H,6H2,1-4H3,(H,16,19). The first-order valence-electron chi connectivity index (χ1n) is 6.35. The lowest BCUT2D eigenvalue weighted by atomic mass is 10.2. The maximum absolute atomic E-state index is 11.7. The van der Waals surface area contributed by atoms with Gasteiger partial charge in [-0.15, -0.1) is 0 Å². The largest absolute Gasteiger partial charge is 0.444 e. The number of aryl methyl sites for hydroxylation is 1. The van der Waals surface area contributed by atoms with E-state index in [-0.39, 0.29) is 0 Å². The van der Waals surface area contributed by atoms with Crippen LogP contribution in [0.3, 0.4) is 0 Å². The number of rotatable bonds is 2. The van der Waals surface area contributed by atoms with Gasteiger partial charge in [-0.2, -0.15) is 0 Å². The van der Waals surface area contributed by atoms with Crippen molar-refractivity contribution < 1.29 is 9.53 Å². The van der Waals surface area contributed by atoms with Crippen molar-refractivity contribution in [2.75, 3.05) is 0 Å². The summed E-state index contributed by atoms with van der Waals surface area (Å²) in [7, 11) is 0. The molecule has 0 fully saturated rings. The summed E-state index contributed by atoms with van der Waals surface area (Å²) in [5.41, 5.74) is 2.20. The first-order chi connectivity index (χ1) is 9.24. The molecule has 0 aliphatic heterocycles. The number of alkyl carbamates (subject to hydrolysis) is 1. The highest BCUT2D eigenvalue weighted by Crippen LogP contribution is 2.18. The number of nitrogens with one attached hydrogen (secondary N) is 1. The zero-order valence-electron chi connectivity index (χ0n) is 12.0. The summed E-state index contributed by atoms with van der Waals surface area (Å²) in [5, 5.41) is 2.75. The predicted octanol–water partition coefficient (Wildman–Crippen LogP) is 3.43. The molecule has 0 radical (unpaired) electrons. The molecule has 108 valence electrons. The van der Waals surface area contributed by atoms with Gasteiger partial charge in [0, 0.05) is 29.0 Å². The highest BCUT2D eigenvalue weighted by molar-refractivity contribution is 9.10. The number of carbonyl (C=O) groups is 1. The molecular weight excluding hydrogens is 322 g/mol. The fourth-order valence-corrected chi connectivity index (χ4v) is 2.36. The average Bonchev–Trinajstić information content (AvgIpc) is 2.63. The maximum atomic E-state index is 11.7. The van der Waals surface area contributed by atoms with Crippen LogP contribution in [-0.2, 0) is 11.3 Å². The van der Waals surface area contributed by atoms with Crippen LogP contribution in [0.1, 0.15) is 32.0 Å². The zero-order valence-corrected chi connectivity index (χ0v) is 13.6. The first-order valence-corrected chi connectivity index (χ1v) is 7.14. The number of nitrogens with zero attached hydrogens (tertiary/aromatic N) is 2. The number of ether oxygens (including phenoxy) is 1. The Balaban J connectivity index is 2.15. The molecule has 0 aliphatic rings. The molecule has 0 atom stereocenters. The molecule has 2 rings (SSSR count). The molecule has 2 heterocycles. The Hall–Kier alpha value is -1.56. The number of hydrogen-bond acceptors (Lipinski definition) is 3. The van der Waals surface area contributed by atoms with Crippen LogP contribution in [0.4, 0.5) is 4.79 Å². The van der Waals surface area contributed by atoms with Crippen LogP contribution >= 0.6 is 15.9 Å². The minimum absolute atomic E-state index is 0.369. The third-order valence-electron chi connectivity index (χ3n) is 2.54. The van der Waals surface area contributed by atoms with Gasteiger partial charge in [-0.3, -0.25) is 0 Å². The van der Waals surface area contributed by atoms with E-state index in [1.165, 1.54) is 0 Å². The summed E-state index contributed by atoms with van der Waals surface area (Å²) in [6, 6.07) is 1.94. The first kappa shape index (κ1) is 14.8. The number of pyridine rings is 1. The SMILES string of the molecule is Cc1cn2cc(Br)cc(CNC(=O)OC(C)(C)C)c2n1. The fraction of sp³-hybridized carbons (Fsp3) is 0.429. The van der Waals surface area contributed by atoms with Gasteiger partial charge in [0.25, 0.3) is 0 Å². The van der Waals surface area contributed by atoms with E-state index in [9.17, 15) is 4.79 Å². The molecule has 1 N–H and O–H groups in total. The Morgan fingerprint density at radius 2 is 2.15 bits per heavy atom. The number of carbonyl (C=O) groups excluding carboxylic acids is 1. The number of amides is 1. The lowest BCUT2D eigenvalue weighted by Crippen LogP contribution is -2.32. The number of hydrogen-bond donors (Lipinski definition) is 1. The van der Waals surface area contributed by atoms with Crippen molar-refractivity contribution in [2.24, 2.45) is 0 Å². The minimum Gasteiger partial charge on any atom is -0.444 e. The molecule has 0 aromatic carbocycles. The molecule has 2 aromatic rings. The van der Waals surface area contributed by atoms with Crippen molar-refractivity contribution in [3.05, 3.63) is 34.2 Å². The second-order valence-electron chi connectivity index (χ2n) is 5.65. The number of fused-ring (bicyclic) bond motifs is 1. The molecule has 1 amide bonds. The van der Waals surface area contributed by atoms with Gasteiger partial charge in [-0.25, -0.2) is 9.78 Å². The lowest BCUT2D eigenvalue weighted by molar-refractivity contribution is 0.0524. The van der Waals surface area contributed by atoms with E-state index in [4.69, 9.17) is 4.74 Å². The van der Waals surface area contributed by atoms with Gasteiger partial charge >= 0.3 is 6.09 Å². The van der Waals surface area contributed by atoms with E-state index in [0.717, 1.165) is 21.4 Å². The normalized spacial score (nSPS) is 11.7. The summed E-state index contributed by atoms with van der Waals surface area (Å²) < 4.78 is 8.09. The van der Waals surface area contributed by atoms with E-state index in [1.54, 1.807) is 0 Å². The number of imidazole rings is 1. The second-order valence-corrected chi connectivity index (χ2v) is 6.57. The van der Waals surface area contributed by atoms with Crippen molar-refractivity contribution in [2.45, 2.75) is 39.8 Å². The van der Waals surface area contributed by atoms with Crippen LogP contribution < -0.4 is 5.32 Å². The van der Waals surface area contributed by atoms with Crippen LogP contribution in [0.5, 0.6) is 0 Å². The van der Waals surface area contributed by atoms with Crippen LogP contribution in [0.15, 0.2) is 22.9 Å². The highest BCUT2D eigenvalue weighted by Gasteiger charge is 2.16. The molecule has 0 aliphatic carbocycles. The molecule has 20 heavy (non-hydrogen) atoms. The molecule has 5 nitrogen and oxygen atoms in total. The number of halogens is 1. The van der Waals surface area contributed by atoms with Gasteiger partial charge in [0.1, 0.15) is 11.2 Å². The van der Waals surface area contributed by atoms with E-state index in [0.29, 0.717) is 6.54 Å². The Bertz CT molecular complexity index is 644. The summed E-state index contributed by atoms with van der Waals surface area (Å²) in [6.07, 6.45) is 3.45. The summed E-state index contributed by atoms with van der Waals surface area (Å²) in [4.78, 5) is 16.1. The van der Waals surface area contributed by atoms with Gasteiger partial charge < -0.3 is 14.5 Å². The Labute approximate surface area is 126 Å². The van der Waals surface area contributed by atoms with E-state index in [1.807, 2.05) is 50.6 Å². The summed E-state index contributed by atoms with van der Waals surface area (Å²) in [5.74, 6) is 0. The molecule has 0 unspecified atom stereocenters. The molecule has 0 saturated heterocycles. The smallest absolute Gasteiger partial charge is 0.407 e. The van der Waals surface area contributed by atoms with Crippen molar-refractivity contribution in [1.82, 2.24) is 14.7 Å². The van der Waals surface area contributed by atoms with Gasteiger partial charge in [0.05, 0.1) is 5.69 Å². The molecule has 0 spiro atoms.